The third-order valence-electron chi connectivity index (χ3n) is 4.99. The van der Waals surface area contributed by atoms with Crippen molar-refractivity contribution in [3.63, 3.8) is 0 Å². The molecule has 3 aromatic rings. The Morgan fingerprint density at radius 3 is 2.22 bits per heavy atom. The van der Waals surface area contributed by atoms with E-state index in [0.717, 1.165) is 40.8 Å². The number of rotatable bonds is 5. The minimum atomic E-state index is -1.20. The Kier molecular flexibility index (Phi) is 5.44. The molecule has 5 nitrogen and oxygen atoms in total. The van der Waals surface area contributed by atoms with Crippen molar-refractivity contribution in [1.82, 2.24) is 0 Å². The normalized spacial score (nSPS) is 13.7. The van der Waals surface area contributed by atoms with Crippen molar-refractivity contribution in [3.8, 4) is 5.75 Å². The van der Waals surface area contributed by atoms with Crippen molar-refractivity contribution in [2.45, 2.75) is 6.92 Å². The fourth-order valence-corrected chi connectivity index (χ4v) is 3.44. The van der Waals surface area contributed by atoms with Gasteiger partial charge in [0.1, 0.15) is 17.3 Å². The van der Waals surface area contributed by atoms with Gasteiger partial charge >= 0.3 is 0 Å². The Balaban J connectivity index is 1.86. The Morgan fingerprint density at radius 2 is 1.56 bits per heavy atom. The van der Waals surface area contributed by atoms with Crippen molar-refractivity contribution in [2.75, 3.05) is 17.3 Å². The van der Waals surface area contributed by atoms with Crippen LogP contribution < -0.4 is 15.0 Å². The van der Waals surface area contributed by atoms with Gasteiger partial charge in [-0.2, -0.15) is 0 Å². The Labute approximate surface area is 181 Å². The molecule has 4 rings (SSSR count). The second kappa shape index (κ2) is 8.22. The molecule has 1 aliphatic heterocycles. The maximum Gasteiger partial charge on any atom is 0.282 e. The lowest BCUT2D eigenvalue weighted by Gasteiger charge is -2.16. The number of ether oxygens (including phenoxy) is 1. The third-order valence-corrected chi connectivity index (χ3v) is 4.99. The molecule has 162 valence electrons. The van der Waals surface area contributed by atoms with Crippen LogP contribution in [0.25, 0.3) is 5.57 Å². The standard InChI is InChI=1S/C24H17F3N2O3/c1-13-3-10-20(32-2)19(11-13)28-22-21(14-4-6-15(25)7-5-14)23(30)29(24(22)31)16-8-9-17(26)18(27)12-16/h3-12,28H,1-2H3. The van der Waals surface area contributed by atoms with E-state index in [1.165, 1.54) is 19.2 Å². The zero-order valence-corrected chi connectivity index (χ0v) is 17.1. The van der Waals surface area contributed by atoms with E-state index in [1.807, 2.05) is 13.0 Å². The fourth-order valence-electron chi connectivity index (χ4n) is 3.44. The number of carbonyl (C=O) groups is 2. The average molecular weight is 438 g/mol. The summed E-state index contributed by atoms with van der Waals surface area (Å²) in [5, 5.41) is 2.95. The summed E-state index contributed by atoms with van der Waals surface area (Å²) in [5.74, 6) is -3.94. The molecule has 2 amide bonds. The minimum Gasteiger partial charge on any atom is -0.495 e. The molecule has 0 spiro atoms. The molecule has 3 aromatic carbocycles. The van der Waals surface area contributed by atoms with E-state index < -0.39 is 29.3 Å². The number of imide groups is 1. The molecule has 1 N–H and O–H groups in total. The first-order valence-electron chi connectivity index (χ1n) is 9.56. The number of carbonyl (C=O) groups excluding carboxylic acids is 2. The van der Waals surface area contributed by atoms with E-state index in [-0.39, 0.29) is 22.5 Å². The van der Waals surface area contributed by atoms with Crippen molar-refractivity contribution < 1.29 is 27.5 Å². The van der Waals surface area contributed by atoms with Gasteiger partial charge in [-0.25, -0.2) is 18.1 Å². The largest absolute Gasteiger partial charge is 0.495 e. The second-order valence-corrected chi connectivity index (χ2v) is 7.13. The molecule has 0 fully saturated rings. The van der Waals surface area contributed by atoms with Crippen LogP contribution in [-0.2, 0) is 9.59 Å². The van der Waals surface area contributed by atoms with Crippen LogP contribution in [0.15, 0.2) is 66.4 Å². The topological polar surface area (TPSA) is 58.6 Å². The van der Waals surface area contributed by atoms with Crippen molar-refractivity contribution in [1.29, 1.82) is 0 Å². The van der Waals surface area contributed by atoms with Gasteiger partial charge < -0.3 is 10.1 Å². The highest BCUT2D eigenvalue weighted by atomic mass is 19.2. The number of nitrogens with one attached hydrogen (secondary N) is 1. The van der Waals surface area contributed by atoms with Crippen LogP contribution in [0, 0.1) is 24.4 Å². The van der Waals surface area contributed by atoms with E-state index in [4.69, 9.17) is 4.74 Å². The zero-order valence-electron chi connectivity index (χ0n) is 17.1. The maximum absolute atomic E-state index is 13.8. The summed E-state index contributed by atoms with van der Waals surface area (Å²) in [4.78, 5) is 27.3. The van der Waals surface area contributed by atoms with Crippen LogP contribution in [0.2, 0.25) is 0 Å². The summed E-state index contributed by atoms with van der Waals surface area (Å²) in [6.45, 7) is 1.84. The fraction of sp³-hybridized carbons (Fsp3) is 0.0833. The van der Waals surface area contributed by atoms with Crippen LogP contribution >= 0.6 is 0 Å². The molecule has 0 aromatic heterocycles. The average Bonchev–Trinajstić information content (AvgIpc) is 3.00. The van der Waals surface area contributed by atoms with Gasteiger partial charge in [-0.15, -0.1) is 0 Å². The minimum absolute atomic E-state index is 0.0386. The lowest BCUT2D eigenvalue weighted by Crippen LogP contribution is -2.32. The summed E-state index contributed by atoms with van der Waals surface area (Å²) in [5.41, 5.74) is 1.30. The highest BCUT2D eigenvalue weighted by Crippen LogP contribution is 2.36. The molecule has 0 bridgehead atoms. The highest BCUT2D eigenvalue weighted by molar-refractivity contribution is 6.46. The Morgan fingerprint density at radius 1 is 0.844 bits per heavy atom. The molecule has 0 radical (unpaired) electrons. The first-order chi connectivity index (χ1) is 15.3. The van der Waals surface area contributed by atoms with Crippen LogP contribution in [0.5, 0.6) is 5.75 Å². The first kappa shape index (κ1) is 21.2. The summed E-state index contributed by atoms with van der Waals surface area (Å²) in [7, 11) is 1.46. The van der Waals surface area contributed by atoms with E-state index in [1.54, 1.807) is 12.1 Å². The first-order valence-corrected chi connectivity index (χ1v) is 9.56. The van der Waals surface area contributed by atoms with Gasteiger partial charge in [0.15, 0.2) is 11.6 Å². The van der Waals surface area contributed by atoms with Gasteiger partial charge in [0.2, 0.25) is 0 Å². The zero-order chi connectivity index (χ0) is 23.0. The van der Waals surface area contributed by atoms with Gasteiger partial charge in [0.25, 0.3) is 11.8 Å². The lowest BCUT2D eigenvalue weighted by molar-refractivity contribution is -0.120. The molecule has 0 aliphatic carbocycles. The molecular formula is C24H17F3N2O3. The van der Waals surface area contributed by atoms with Gasteiger partial charge in [-0.3, -0.25) is 9.59 Å². The molecule has 0 unspecified atom stereocenters. The number of methoxy groups -OCH3 is 1. The number of anilines is 2. The third kappa shape index (κ3) is 3.71. The predicted octanol–water partition coefficient (Wildman–Crippen LogP) is 4.82. The van der Waals surface area contributed by atoms with Gasteiger partial charge in [0.05, 0.1) is 24.1 Å². The smallest absolute Gasteiger partial charge is 0.282 e. The summed E-state index contributed by atoms with van der Waals surface area (Å²) in [6.07, 6.45) is 0. The predicted molar refractivity (Wildman–Crippen MR) is 114 cm³/mol. The number of benzene rings is 3. The number of hydrogen-bond acceptors (Lipinski definition) is 4. The van der Waals surface area contributed by atoms with Crippen molar-refractivity contribution in [2.24, 2.45) is 0 Å². The highest BCUT2D eigenvalue weighted by Gasteiger charge is 2.40. The number of halogens is 3. The number of nitrogens with zero attached hydrogens (tertiary/aromatic N) is 1. The lowest BCUT2D eigenvalue weighted by atomic mass is 10.0. The molecule has 1 heterocycles. The summed E-state index contributed by atoms with van der Waals surface area (Å²) in [6, 6.07) is 13.0. The van der Waals surface area contributed by atoms with Crippen molar-refractivity contribution in [3.05, 3.63) is 94.9 Å². The molecular weight excluding hydrogens is 421 g/mol. The van der Waals surface area contributed by atoms with Crippen LogP contribution in [0.3, 0.4) is 0 Å². The van der Waals surface area contributed by atoms with Gasteiger partial charge in [-0.1, -0.05) is 18.2 Å². The van der Waals surface area contributed by atoms with Gasteiger partial charge in [0, 0.05) is 6.07 Å². The molecule has 0 saturated carbocycles. The Bertz CT molecular complexity index is 1270. The van der Waals surface area contributed by atoms with Crippen molar-refractivity contribution >= 4 is 28.8 Å². The molecule has 1 aliphatic rings. The van der Waals surface area contributed by atoms with E-state index in [0.29, 0.717) is 11.4 Å². The molecule has 0 saturated heterocycles. The number of amides is 2. The van der Waals surface area contributed by atoms with E-state index >= 15 is 0 Å². The molecule has 32 heavy (non-hydrogen) atoms. The van der Waals surface area contributed by atoms with Gasteiger partial charge in [-0.05, 0) is 54.4 Å². The number of hydrogen-bond donors (Lipinski definition) is 1. The summed E-state index contributed by atoms with van der Waals surface area (Å²) < 4.78 is 46.0. The second-order valence-electron chi connectivity index (χ2n) is 7.13. The SMILES string of the molecule is COc1ccc(C)cc1NC1=C(c2ccc(F)cc2)C(=O)N(c2ccc(F)c(F)c2)C1=O. The summed E-state index contributed by atoms with van der Waals surface area (Å²) >= 11 is 0. The molecule has 8 heteroatoms. The van der Waals surface area contributed by atoms with Crippen LogP contribution in [-0.4, -0.2) is 18.9 Å². The Hall–Kier alpha value is -4.07. The van der Waals surface area contributed by atoms with Crippen LogP contribution in [0.1, 0.15) is 11.1 Å². The molecule has 0 atom stereocenters. The van der Waals surface area contributed by atoms with Crippen LogP contribution in [0.4, 0.5) is 24.5 Å². The monoisotopic (exact) mass is 438 g/mol. The number of aryl methyl sites for hydroxylation is 1. The van der Waals surface area contributed by atoms with E-state index in [2.05, 4.69) is 5.32 Å². The quantitative estimate of drug-likeness (QED) is 0.581. The maximum atomic E-state index is 13.8. The van der Waals surface area contributed by atoms with E-state index in [9.17, 15) is 22.8 Å².